The number of hydrogen-bond donors (Lipinski definition) is 0. The summed E-state index contributed by atoms with van der Waals surface area (Å²) >= 11 is 0. The number of nitro benzene ring substituents is 1. The SMILES string of the molecule is CN(C)N(C(=O)C=Cc1ccccc1[N+](=O)[O-])C1CCS(=O)(=O)C1. The molecule has 0 bridgehead atoms. The van der Waals surface area contributed by atoms with Gasteiger partial charge < -0.3 is 0 Å². The largest absolute Gasteiger partial charge is 0.276 e. The standard InChI is InChI=1S/C15H19N3O5S/c1-16(2)17(13-9-10-24(22,23)11-13)15(19)8-7-12-5-3-4-6-14(12)18(20)21/h3-8,13H,9-11H2,1-2H3. The zero-order valence-electron chi connectivity index (χ0n) is 13.5. The second-order valence-corrected chi connectivity index (χ2v) is 7.96. The van der Waals surface area contributed by atoms with Crippen molar-refractivity contribution in [3.05, 3.63) is 46.0 Å². The van der Waals surface area contributed by atoms with Crippen LogP contribution in [0.5, 0.6) is 0 Å². The van der Waals surface area contributed by atoms with Crippen molar-refractivity contribution in [3.63, 3.8) is 0 Å². The normalized spacial score (nSPS) is 19.7. The molecule has 0 radical (unpaired) electrons. The average Bonchev–Trinajstić information content (AvgIpc) is 2.84. The average molecular weight is 353 g/mol. The minimum absolute atomic E-state index is 0.0587. The van der Waals surface area contributed by atoms with Gasteiger partial charge in [-0.15, -0.1) is 0 Å². The van der Waals surface area contributed by atoms with E-state index in [2.05, 4.69) is 0 Å². The number of carbonyl (C=O) groups is 1. The van der Waals surface area contributed by atoms with Crippen molar-refractivity contribution in [2.45, 2.75) is 12.5 Å². The summed E-state index contributed by atoms with van der Waals surface area (Å²) in [4.78, 5) is 22.9. The number of nitrogens with zero attached hydrogens (tertiary/aromatic N) is 3. The molecule has 130 valence electrons. The van der Waals surface area contributed by atoms with Gasteiger partial charge in [-0.1, -0.05) is 12.1 Å². The van der Waals surface area contributed by atoms with Crippen molar-refractivity contribution >= 4 is 27.5 Å². The summed E-state index contributed by atoms with van der Waals surface area (Å²) in [6, 6.07) is 5.67. The van der Waals surface area contributed by atoms with Gasteiger partial charge in [0, 0.05) is 26.2 Å². The van der Waals surface area contributed by atoms with Crippen LogP contribution in [0.4, 0.5) is 5.69 Å². The summed E-state index contributed by atoms with van der Waals surface area (Å²) in [7, 11) is 0.182. The van der Waals surface area contributed by atoms with Crippen LogP contribution >= 0.6 is 0 Å². The summed E-state index contributed by atoms with van der Waals surface area (Å²) in [6.45, 7) is 0. The van der Waals surface area contributed by atoms with E-state index in [4.69, 9.17) is 0 Å². The fourth-order valence-corrected chi connectivity index (χ4v) is 4.40. The van der Waals surface area contributed by atoms with Crippen molar-refractivity contribution in [2.75, 3.05) is 25.6 Å². The summed E-state index contributed by atoms with van der Waals surface area (Å²) < 4.78 is 23.3. The van der Waals surface area contributed by atoms with Crippen LogP contribution in [0.1, 0.15) is 12.0 Å². The molecule has 8 nitrogen and oxygen atoms in total. The number of amides is 1. The molecule has 1 amide bonds. The number of benzene rings is 1. The van der Waals surface area contributed by atoms with Gasteiger partial charge in [-0.3, -0.25) is 19.9 Å². The van der Waals surface area contributed by atoms with Gasteiger partial charge in [0.1, 0.15) is 0 Å². The lowest BCUT2D eigenvalue weighted by Gasteiger charge is -2.32. The number of sulfone groups is 1. The van der Waals surface area contributed by atoms with E-state index in [1.165, 1.54) is 28.2 Å². The van der Waals surface area contributed by atoms with Crippen molar-refractivity contribution in [1.29, 1.82) is 0 Å². The van der Waals surface area contributed by atoms with Crippen molar-refractivity contribution < 1.29 is 18.1 Å². The van der Waals surface area contributed by atoms with Crippen LogP contribution < -0.4 is 0 Å². The van der Waals surface area contributed by atoms with Crippen LogP contribution in [-0.4, -0.2) is 60.9 Å². The van der Waals surface area contributed by atoms with Crippen LogP contribution in [0, 0.1) is 10.1 Å². The molecule has 9 heteroatoms. The quantitative estimate of drug-likeness (QED) is 0.446. The van der Waals surface area contributed by atoms with Gasteiger partial charge in [0.2, 0.25) is 0 Å². The van der Waals surface area contributed by atoms with E-state index in [0.717, 1.165) is 0 Å². The Morgan fingerprint density at radius 3 is 2.54 bits per heavy atom. The molecular weight excluding hydrogens is 334 g/mol. The third-order valence-corrected chi connectivity index (χ3v) is 5.50. The fourth-order valence-electron chi connectivity index (χ4n) is 2.70. The lowest BCUT2D eigenvalue weighted by atomic mass is 10.1. The van der Waals surface area contributed by atoms with Crippen LogP contribution in [0.2, 0.25) is 0 Å². The van der Waals surface area contributed by atoms with E-state index < -0.39 is 26.7 Å². The predicted molar refractivity (Wildman–Crippen MR) is 89.7 cm³/mol. The molecule has 1 aromatic rings. The van der Waals surface area contributed by atoms with Gasteiger partial charge in [0.15, 0.2) is 9.84 Å². The molecule has 1 atom stereocenters. The van der Waals surface area contributed by atoms with Crippen LogP contribution in [0.25, 0.3) is 6.08 Å². The van der Waals surface area contributed by atoms with E-state index in [0.29, 0.717) is 12.0 Å². The van der Waals surface area contributed by atoms with Gasteiger partial charge in [0.05, 0.1) is 28.0 Å². The number of rotatable bonds is 5. The summed E-state index contributed by atoms with van der Waals surface area (Å²) in [5.74, 6) is -0.431. The van der Waals surface area contributed by atoms with E-state index in [-0.39, 0.29) is 17.2 Å². The van der Waals surface area contributed by atoms with Crippen LogP contribution in [-0.2, 0) is 14.6 Å². The maximum absolute atomic E-state index is 12.5. The Hall–Kier alpha value is -2.26. The number of hydrogen-bond acceptors (Lipinski definition) is 6. The summed E-state index contributed by atoms with van der Waals surface area (Å²) in [6.07, 6.45) is 2.99. The minimum atomic E-state index is -3.13. The number of hydrazine groups is 1. The highest BCUT2D eigenvalue weighted by Gasteiger charge is 2.35. The molecule has 1 saturated heterocycles. The Labute approximate surface area is 140 Å². The molecule has 1 heterocycles. The van der Waals surface area contributed by atoms with Crippen LogP contribution in [0.15, 0.2) is 30.3 Å². The molecule has 0 saturated carbocycles. The lowest BCUT2D eigenvalue weighted by Crippen LogP contribution is -2.48. The molecule has 1 aliphatic heterocycles. The monoisotopic (exact) mass is 353 g/mol. The molecule has 0 spiro atoms. The first-order valence-electron chi connectivity index (χ1n) is 7.33. The fraction of sp³-hybridized carbons (Fsp3) is 0.400. The topological polar surface area (TPSA) is 101 Å². The number of nitro groups is 1. The van der Waals surface area contributed by atoms with E-state index in [1.54, 1.807) is 32.3 Å². The Balaban J connectivity index is 2.22. The van der Waals surface area contributed by atoms with E-state index in [9.17, 15) is 23.3 Å². The number of para-hydroxylation sites is 1. The van der Waals surface area contributed by atoms with E-state index >= 15 is 0 Å². The molecule has 0 aromatic heterocycles. The van der Waals surface area contributed by atoms with Crippen LogP contribution in [0.3, 0.4) is 0 Å². The first-order chi connectivity index (χ1) is 11.2. The zero-order valence-corrected chi connectivity index (χ0v) is 14.3. The molecule has 1 unspecified atom stereocenters. The molecular formula is C15H19N3O5S. The Kier molecular flexibility index (Phi) is 5.35. The van der Waals surface area contributed by atoms with Crippen molar-refractivity contribution in [2.24, 2.45) is 0 Å². The smallest absolute Gasteiger partial charge is 0.268 e. The van der Waals surface area contributed by atoms with Gasteiger partial charge in [-0.25, -0.2) is 13.4 Å². The highest BCUT2D eigenvalue weighted by atomic mass is 32.2. The van der Waals surface area contributed by atoms with Crippen molar-refractivity contribution in [3.8, 4) is 0 Å². The van der Waals surface area contributed by atoms with Gasteiger partial charge in [-0.2, -0.15) is 0 Å². The number of carbonyl (C=O) groups excluding carboxylic acids is 1. The molecule has 0 aliphatic carbocycles. The summed E-state index contributed by atoms with van der Waals surface area (Å²) in [5.41, 5.74) is 0.218. The van der Waals surface area contributed by atoms with Gasteiger partial charge in [0.25, 0.3) is 11.6 Å². The van der Waals surface area contributed by atoms with Crippen molar-refractivity contribution in [1.82, 2.24) is 10.0 Å². The minimum Gasteiger partial charge on any atom is -0.268 e. The second-order valence-electron chi connectivity index (χ2n) is 5.74. The molecule has 1 fully saturated rings. The maximum Gasteiger partial charge on any atom is 0.276 e. The molecule has 1 aromatic carbocycles. The third kappa shape index (κ3) is 4.18. The zero-order chi connectivity index (χ0) is 17.9. The van der Waals surface area contributed by atoms with Gasteiger partial charge >= 0.3 is 0 Å². The third-order valence-electron chi connectivity index (χ3n) is 3.75. The lowest BCUT2D eigenvalue weighted by molar-refractivity contribution is -0.385. The first kappa shape index (κ1) is 18.1. The predicted octanol–water partition coefficient (Wildman–Crippen LogP) is 1.10. The molecule has 1 aliphatic rings. The Morgan fingerprint density at radius 1 is 1.33 bits per heavy atom. The van der Waals surface area contributed by atoms with Gasteiger partial charge in [-0.05, 0) is 18.6 Å². The highest BCUT2D eigenvalue weighted by molar-refractivity contribution is 7.91. The second kappa shape index (κ2) is 7.10. The molecule has 0 N–H and O–H groups in total. The molecule has 24 heavy (non-hydrogen) atoms. The summed E-state index contributed by atoms with van der Waals surface area (Å²) in [5, 5.41) is 13.9. The Bertz CT molecular complexity index is 773. The molecule has 2 rings (SSSR count). The first-order valence-corrected chi connectivity index (χ1v) is 9.16. The Morgan fingerprint density at radius 2 is 2.00 bits per heavy atom. The maximum atomic E-state index is 12.5. The van der Waals surface area contributed by atoms with E-state index in [1.807, 2.05) is 0 Å². The highest BCUT2D eigenvalue weighted by Crippen LogP contribution is 2.21.